The molecule has 1 atom stereocenters. The molecule has 1 heterocycles. The summed E-state index contributed by atoms with van der Waals surface area (Å²) in [7, 11) is 0. The fourth-order valence-corrected chi connectivity index (χ4v) is 1.94. The van der Waals surface area contributed by atoms with E-state index in [1.54, 1.807) is 13.0 Å². The number of aryl methyl sites for hydroxylation is 1. The average Bonchev–Trinajstić information content (AvgIpc) is 2.98. The summed E-state index contributed by atoms with van der Waals surface area (Å²) in [4.78, 5) is 10.4. The number of nitrogens with zero attached hydrogens (tertiary/aromatic N) is 1. The van der Waals surface area contributed by atoms with E-state index in [2.05, 4.69) is 15.9 Å². The van der Waals surface area contributed by atoms with Crippen LogP contribution in [-0.2, 0) is 4.74 Å². The van der Waals surface area contributed by atoms with Gasteiger partial charge in [0.2, 0.25) is 0 Å². The first-order valence-corrected chi connectivity index (χ1v) is 5.56. The van der Waals surface area contributed by atoms with Crippen LogP contribution < -0.4 is 4.74 Å². The summed E-state index contributed by atoms with van der Waals surface area (Å²) < 4.78 is 11.1. The number of epoxide rings is 1. The molecule has 1 unspecified atom stereocenters. The van der Waals surface area contributed by atoms with E-state index >= 15 is 0 Å². The van der Waals surface area contributed by atoms with Crippen molar-refractivity contribution in [3.05, 3.63) is 32.3 Å². The highest BCUT2D eigenvalue weighted by atomic mass is 79.9. The van der Waals surface area contributed by atoms with Crippen LogP contribution in [0.2, 0.25) is 0 Å². The van der Waals surface area contributed by atoms with Crippen LogP contribution in [0.4, 0.5) is 5.69 Å². The zero-order valence-corrected chi connectivity index (χ0v) is 10.2. The second kappa shape index (κ2) is 4.39. The third-order valence-corrected chi connectivity index (χ3v) is 2.69. The molecule has 1 aliphatic heterocycles. The van der Waals surface area contributed by atoms with Gasteiger partial charge in [-0.3, -0.25) is 10.1 Å². The van der Waals surface area contributed by atoms with E-state index < -0.39 is 4.92 Å². The smallest absolute Gasteiger partial charge is 0.312 e. The molecule has 0 N–H and O–H groups in total. The highest BCUT2D eigenvalue weighted by Gasteiger charge is 2.26. The van der Waals surface area contributed by atoms with E-state index in [0.29, 0.717) is 23.4 Å². The van der Waals surface area contributed by atoms with Crippen LogP contribution in [0.15, 0.2) is 16.6 Å². The predicted molar refractivity (Wildman–Crippen MR) is 60.8 cm³/mol. The summed E-state index contributed by atoms with van der Waals surface area (Å²) in [6.45, 7) is 2.81. The summed E-state index contributed by atoms with van der Waals surface area (Å²) in [6.07, 6.45) is 0.0858. The van der Waals surface area contributed by atoms with E-state index in [9.17, 15) is 10.1 Å². The molecule has 1 fully saturated rings. The van der Waals surface area contributed by atoms with Crippen LogP contribution in [-0.4, -0.2) is 24.2 Å². The highest BCUT2D eigenvalue weighted by Crippen LogP contribution is 2.34. The van der Waals surface area contributed by atoms with Crippen molar-refractivity contribution in [2.45, 2.75) is 13.0 Å². The molecular weight excluding hydrogens is 278 g/mol. The van der Waals surface area contributed by atoms with Crippen LogP contribution in [0.5, 0.6) is 5.75 Å². The fraction of sp³-hybridized carbons (Fsp3) is 0.400. The molecule has 1 saturated heterocycles. The Balaban J connectivity index is 2.27. The van der Waals surface area contributed by atoms with Crippen molar-refractivity contribution in [2.75, 3.05) is 13.2 Å². The van der Waals surface area contributed by atoms with Gasteiger partial charge >= 0.3 is 5.69 Å². The molecule has 16 heavy (non-hydrogen) atoms. The van der Waals surface area contributed by atoms with Crippen LogP contribution in [0.25, 0.3) is 0 Å². The molecule has 0 bridgehead atoms. The maximum absolute atomic E-state index is 10.9. The highest BCUT2D eigenvalue weighted by molar-refractivity contribution is 9.10. The van der Waals surface area contributed by atoms with Crippen molar-refractivity contribution < 1.29 is 14.4 Å². The Morgan fingerprint density at radius 3 is 2.94 bits per heavy atom. The van der Waals surface area contributed by atoms with E-state index in [4.69, 9.17) is 9.47 Å². The minimum Gasteiger partial charge on any atom is -0.484 e. The minimum absolute atomic E-state index is 0.0208. The van der Waals surface area contributed by atoms with Gasteiger partial charge in [-0.05, 0) is 18.6 Å². The first-order chi connectivity index (χ1) is 7.58. The molecule has 0 radical (unpaired) electrons. The minimum atomic E-state index is -0.444. The van der Waals surface area contributed by atoms with Gasteiger partial charge in [-0.15, -0.1) is 0 Å². The van der Waals surface area contributed by atoms with Gasteiger partial charge in [0.05, 0.1) is 11.5 Å². The average molecular weight is 288 g/mol. The fourth-order valence-electron chi connectivity index (χ4n) is 1.38. The lowest BCUT2D eigenvalue weighted by molar-refractivity contribution is -0.386. The van der Waals surface area contributed by atoms with E-state index in [1.165, 1.54) is 6.07 Å². The van der Waals surface area contributed by atoms with Crippen LogP contribution in [0.1, 0.15) is 5.56 Å². The van der Waals surface area contributed by atoms with Crippen LogP contribution in [0, 0.1) is 17.0 Å². The van der Waals surface area contributed by atoms with E-state index in [-0.39, 0.29) is 11.8 Å². The third kappa shape index (κ3) is 2.51. The standard InChI is InChI=1S/C10H10BrNO4/c1-6-2-7(11)3-9(12(13)14)10(6)16-5-8-4-15-8/h2-3,8H,4-5H2,1H3. The molecular formula is C10H10BrNO4. The summed E-state index contributed by atoms with van der Waals surface area (Å²) in [6, 6.07) is 3.23. The summed E-state index contributed by atoms with van der Waals surface area (Å²) in [5.74, 6) is 0.323. The van der Waals surface area contributed by atoms with Crippen molar-refractivity contribution in [1.82, 2.24) is 0 Å². The molecule has 86 valence electrons. The number of nitro benzene ring substituents is 1. The Morgan fingerprint density at radius 2 is 2.38 bits per heavy atom. The Labute approximate surface area is 101 Å². The van der Waals surface area contributed by atoms with E-state index in [0.717, 1.165) is 5.56 Å². The number of nitro groups is 1. The SMILES string of the molecule is Cc1cc(Br)cc([N+](=O)[O-])c1OCC1CO1. The Kier molecular flexibility index (Phi) is 3.11. The van der Waals surface area contributed by atoms with Crippen molar-refractivity contribution >= 4 is 21.6 Å². The van der Waals surface area contributed by atoms with Gasteiger partial charge in [-0.2, -0.15) is 0 Å². The quantitative estimate of drug-likeness (QED) is 0.485. The monoisotopic (exact) mass is 287 g/mol. The van der Waals surface area contributed by atoms with Crippen molar-refractivity contribution in [2.24, 2.45) is 0 Å². The molecule has 5 nitrogen and oxygen atoms in total. The first kappa shape index (κ1) is 11.3. The lowest BCUT2D eigenvalue weighted by Crippen LogP contribution is -2.07. The number of benzene rings is 1. The predicted octanol–water partition coefficient (Wildman–Crippen LogP) is 2.44. The summed E-state index contributed by atoms with van der Waals surface area (Å²) in [5, 5.41) is 10.9. The van der Waals surface area contributed by atoms with Crippen molar-refractivity contribution in [1.29, 1.82) is 0 Å². The second-order valence-electron chi connectivity index (χ2n) is 3.59. The van der Waals surface area contributed by atoms with Gasteiger partial charge in [0, 0.05) is 10.5 Å². The normalized spacial score (nSPS) is 18.2. The molecule has 0 spiro atoms. The molecule has 2 rings (SSSR count). The molecule has 1 aromatic rings. The molecule has 6 heteroatoms. The first-order valence-electron chi connectivity index (χ1n) is 4.77. The number of hydrogen-bond acceptors (Lipinski definition) is 4. The van der Waals surface area contributed by atoms with Crippen LogP contribution in [0.3, 0.4) is 0 Å². The zero-order valence-electron chi connectivity index (χ0n) is 8.60. The topological polar surface area (TPSA) is 64.9 Å². The Morgan fingerprint density at radius 1 is 1.69 bits per heavy atom. The molecule has 0 amide bonds. The molecule has 0 aliphatic carbocycles. The lowest BCUT2D eigenvalue weighted by Gasteiger charge is -2.08. The van der Waals surface area contributed by atoms with E-state index in [1.807, 2.05) is 0 Å². The summed E-state index contributed by atoms with van der Waals surface area (Å²) in [5.41, 5.74) is 0.717. The molecule has 0 aromatic heterocycles. The number of ether oxygens (including phenoxy) is 2. The van der Waals surface area contributed by atoms with Crippen molar-refractivity contribution in [3.8, 4) is 5.75 Å². The van der Waals surface area contributed by atoms with Gasteiger partial charge in [0.15, 0.2) is 5.75 Å². The molecule has 1 aliphatic rings. The second-order valence-corrected chi connectivity index (χ2v) is 4.51. The van der Waals surface area contributed by atoms with Gasteiger partial charge in [0.25, 0.3) is 0 Å². The largest absolute Gasteiger partial charge is 0.484 e. The third-order valence-electron chi connectivity index (χ3n) is 2.23. The van der Waals surface area contributed by atoms with Gasteiger partial charge in [-0.1, -0.05) is 15.9 Å². The molecule has 1 aromatic carbocycles. The summed E-state index contributed by atoms with van der Waals surface area (Å²) >= 11 is 3.22. The number of halogens is 1. The number of hydrogen-bond donors (Lipinski definition) is 0. The number of rotatable bonds is 4. The van der Waals surface area contributed by atoms with Gasteiger partial charge < -0.3 is 9.47 Å². The van der Waals surface area contributed by atoms with Crippen molar-refractivity contribution in [3.63, 3.8) is 0 Å². The van der Waals surface area contributed by atoms with Crippen LogP contribution >= 0.6 is 15.9 Å². The zero-order chi connectivity index (χ0) is 11.7. The lowest BCUT2D eigenvalue weighted by atomic mass is 10.2. The maximum Gasteiger partial charge on any atom is 0.312 e. The Hall–Kier alpha value is -1.14. The Bertz CT molecular complexity index is 431. The van der Waals surface area contributed by atoms with Gasteiger partial charge in [-0.25, -0.2) is 0 Å². The maximum atomic E-state index is 10.9. The molecule has 0 saturated carbocycles. The van der Waals surface area contributed by atoms with Gasteiger partial charge in [0.1, 0.15) is 12.7 Å².